The highest BCUT2D eigenvalue weighted by Crippen LogP contribution is 2.36. The van der Waals surface area contributed by atoms with Crippen molar-refractivity contribution in [1.29, 1.82) is 0 Å². The monoisotopic (exact) mass is 386 g/mol. The predicted molar refractivity (Wildman–Crippen MR) is 92.8 cm³/mol. The summed E-state index contributed by atoms with van der Waals surface area (Å²) >= 11 is -0.195. The van der Waals surface area contributed by atoms with Gasteiger partial charge in [0.2, 0.25) is 5.91 Å². The molecule has 2 saturated heterocycles. The molecule has 0 bridgehead atoms. The van der Waals surface area contributed by atoms with E-state index in [0.717, 1.165) is 25.9 Å². The van der Waals surface area contributed by atoms with E-state index in [1.165, 1.54) is 24.3 Å². The largest absolute Gasteiger partial charge is 0.446 e. The van der Waals surface area contributed by atoms with Gasteiger partial charge in [0.1, 0.15) is 0 Å². The first-order chi connectivity index (χ1) is 12.3. The van der Waals surface area contributed by atoms with Crippen molar-refractivity contribution in [3.05, 3.63) is 29.8 Å². The highest BCUT2D eigenvalue weighted by molar-refractivity contribution is 8.00. The maximum atomic E-state index is 12.5. The molecule has 8 heteroatoms. The number of carbonyl (C=O) groups is 2. The lowest BCUT2D eigenvalue weighted by atomic mass is 9.95. The number of likely N-dealkylation sites (tertiary alicyclic amines) is 2. The molecule has 2 aliphatic heterocycles. The van der Waals surface area contributed by atoms with E-state index >= 15 is 0 Å². The van der Waals surface area contributed by atoms with Crippen molar-refractivity contribution in [3.8, 4) is 0 Å². The smallest absolute Gasteiger partial charge is 0.342 e. The summed E-state index contributed by atoms with van der Waals surface area (Å²) in [7, 11) is 0. The zero-order chi connectivity index (χ0) is 18.7. The Morgan fingerprint density at radius 1 is 0.923 bits per heavy atom. The summed E-state index contributed by atoms with van der Waals surface area (Å²) in [6, 6.07) is 5.49. The molecule has 0 atom stereocenters. The van der Waals surface area contributed by atoms with Gasteiger partial charge in [-0.15, -0.1) is 0 Å². The highest BCUT2D eigenvalue weighted by Gasteiger charge is 2.32. The number of benzene rings is 1. The van der Waals surface area contributed by atoms with Crippen molar-refractivity contribution in [2.75, 3.05) is 26.2 Å². The third-order valence-electron chi connectivity index (χ3n) is 4.88. The molecule has 0 unspecified atom stereocenters. The number of halogens is 3. The Kier molecular flexibility index (Phi) is 5.79. The van der Waals surface area contributed by atoms with E-state index in [1.54, 1.807) is 4.90 Å². The number of hydrogen-bond acceptors (Lipinski definition) is 3. The van der Waals surface area contributed by atoms with Gasteiger partial charge < -0.3 is 9.80 Å². The maximum Gasteiger partial charge on any atom is 0.446 e. The van der Waals surface area contributed by atoms with Crippen LogP contribution in [-0.2, 0) is 4.79 Å². The molecule has 0 N–H and O–H groups in total. The number of rotatable bonds is 3. The van der Waals surface area contributed by atoms with Crippen molar-refractivity contribution < 1.29 is 22.8 Å². The Labute approximate surface area is 154 Å². The van der Waals surface area contributed by atoms with Gasteiger partial charge in [0.25, 0.3) is 5.91 Å². The van der Waals surface area contributed by atoms with Crippen LogP contribution in [0.3, 0.4) is 0 Å². The molecule has 2 amide bonds. The average Bonchev–Trinajstić information content (AvgIpc) is 3.14. The lowest BCUT2D eigenvalue weighted by Crippen LogP contribution is -2.43. The predicted octanol–water partition coefficient (Wildman–Crippen LogP) is 3.77. The summed E-state index contributed by atoms with van der Waals surface area (Å²) < 4.78 is 37.1. The number of carbonyl (C=O) groups excluding carboxylic acids is 2. The van der Waals surface area contributed by atoms with E-state index in [-0.39, 0.29) is 34.4 Å². The van der Waals surface area contributed by atoms with Gasteiger partial charge in [-0.1, -0.05) is 0 Å². The van der Waals surface area contributed by atoms with Crippen LogP contribution in [0.15, 0.2) is 29.2 Å². The number of nitrogens with zero attached hydrogens (tertiary/aromatic N) is 2. The lowest BCUT2D eigenvalue weighted by molar-refractivity contribution is -0.135. The van der Waals surface area contributed by atoms with Crippen LogP contribution in [-0.4, -0.2) is 53.3 Å². The standard InChI is InChI=1S/C18H21F3N2O2S/c19-18(20,21)26-15-5-3-13(4-6-15)16(24)23-11-7-14(8-12-23)17(25)22-9-1-2-10-22/h3-6,14H,1-2,7-12H2. The molecule has 0 radical (unpaired) electrons. The zero-order valence-electron chi connectivity index (χ0n) is 14.3. The number of thioether (sulfide) groups is 1. The minimum absolute atomic E-state index is 0.0253. The molecule has 1 aromatic rings. The Hall–Kier alpha value is -1.70. The van der Waals surface area contributed by atoms with E-state index in [4.69, 9.17) is 0 Å². The number of alkyl halides is 3. The molecule has 2 aliphatic rings. The topological polar surface area (TPSA) is 40.6 Å². The van der Waals surface area contributed by atoms with E-state index < -0.39 is 5.51 Å². The summed E-state index contributed by atoms with van der Waals surface area (Å²) in [5.74, 6) is -0.0218. The fraction of sp³-hybridized carbons (Fsp3) is 0.556. The van der Waals surface area contributed by atoms with Crippen molar-refractivity contribution >= 4 is 23.6 Å². The third-order valence-corrected chi connectivity index (χ3v) is 5.62. The number of hydrogen-bond donors (Lipinski definition) is 0. The average molecular weight is 386 g/mol. The minimum atomic E-state index is -4.34. The van der Waals surface area contributed by atoms with Crippen LogP contribution in [0, 0.1) is 5.92 Å². The molecule has 3 rings (SSSR count). The first-order valence-electron chi connectivity index (χ1n) is 8.77. The maximum absolute atomic E-state index is 12.5. The summed E-state index contributed by atoms with van der Waals surface area (Å²) in [5.41, 5.74) is -3.96. The quantitative estimate of drug-likeness (QED) is 0.743. The van der Waals surface area contributed by atoms with Gasteiger partial charge in [-0.2, -0.15) is 13.2 Å². The van der Waals surface area contributed by atoms with Crippen LogP contribution in [0.25, 0.3) is 0 Å². The Bertz CT molecular complexity index is 649. The van der Waals surface area contributed by atoms with Crippen LogP contribution in [0.2, 0.25) is 0 Å². The lowest BCUT2D eigenvalue weighted by Gasteiger charge is -2.33. The number of piperidine rings is 1. The fourth-order valence-electron chi connectivity index (χ4n) is 3.51. The van der Waals surface area contributed by atoms with Gasteiger partial charge in [0, 0.05) is 42.6 Å². The summed E-state index contributed by atoms with van der Waals surface area (Å²) in [5, 5.41) is 0. The van der Waals surface area contributed by atoms with Gasteiger partial charge in [-0.3, -0.25) is 9.59 Å². The number of amides is 2. The van der Waals surface area contributed by atoms with Crippen LogP contribution >= 0.6 is 11.8 Å². The SMILES string of the molecule is O=C(c1ccc(SC(F)(F)F)cc1)N1CCC(C(=O)N2CCCC2)CC1. The highest BCUT2D eigenvalue weighted by atomic mass is 32.2. The Morgan fingerprint density at radius 2 is 1.50 bits per heavy atom. The van der Waals surface area contributed by atoms with Crippen LogP contribution < -0.4 is 0 Å². The molecule has 0 spiro atoms. The minimum Gasteiger partial charge on any atom is -0.342 e. The van der Waals surface area contributed by atoms with Gasteiger partial charge >= 0.3 is 5.51 Å². The van der Waals surface area contributed by atoms with Crippen molar-refractivity contribution in [1.82, 2.24) is 9.80 Å². The molecule has 2 fully saturated rings. The molecular weight excluding hydrogens is 365 g/mol. The second-order valence-corrected chi connectivity index (χ2v) is 7.81. The van der Waals surface area contributed by atoms with Gasteiger partial charge in [0.15, 0.2) is 0 Å². The Balaban J connectivity index is 1.54. The van der Waals surface area contributed by atoms with E-state index in [2.05, 4.69) is 0 Å². The van der Waals surface area contributed by atoms with E-state index in [1.807, 2.05) is 4.90 Å². The fourth-order valence-corrected chi connectivity index (χ4v) is 4.05. The Morgan fingerprint density at radius 3 is 2.04 bits per heavy atom. The van der Waals surface area contributed by atoms with Crippen LogP contribution in [0.4, 0.5) is 13.2 Å². The van der Waals surface area contributed by atoms with Gasteiger partial charge in [0.05, 0.1) is 0 Å². The third kappa shape index (κ3) is 4.72. The van der Waals surface area contributed by atoms with Crippen LogP contribution in [0.1, 0.15) is 36.0 Å². The van der Waals surface area contributed by atoms with Crippen molar-refractivity contribution in [3.63, 3.8) is 0 Å². The van der Waals surface area contributed by atoms with Crippen molar-refractivity contribution in [2.45, 2.75) is 36.1 Å². The molecule has 142 valence electrons. The molecule has 1 aromatic carbocycles. The van der Waals surface area contributed by atoms with Gasteiger partial charge in [-0.05, 0) is 61.7 Å². The molecule has 0 aromatic heterocycles. The molecule has 0 aliphatic carbocycles. The second-order valence-electron chi connectivity index (χ2n) is 6.67. The normalized spacial score (nSPS) is 19.0. The van der Waals surface area contributed by atoms with Crippen molar-refractivity contribution in [2.24, 2.45) is 5.92 Å². The van der Waals surface area contributed by atoms with Crippen LogP contribution in [0.5, 0.6) is 0 Å². The molecule has 26 heavy (non-hydrogen) atoms. The summed E-state index contributed by atoms with van der Waals surface area (Å²) in [4.78, 5) is 28.6. The van der Waals surface area contributed by atoms with E-state index in [9.17, 15) is 22.8 Å². The molecule has 0 saturated carbocycles. The van der Waals surface area contributed by atoms with Gasteiger partial charge in [-0.25, -0.2) is 0 Å². The molecular formula is C18H21F3N2O2S. The summed E-state index contributed by atoms with van der Waals surface area (Å²) in [6.45, 7) is 2.67. The zero-order valence-corrected chi connectivity index (χ0v) is 15.1. The van der Waals surface area contributed by atoms with E-state index in [0.29, 0.717) is 31.5 Å². The first kappa shape index (κ1) is 19.1. The summed E-state index contributed by atoms with van der Waals surface area (Å²) in [6.07, 6.45) is 3.41. The molecule has 2 heterocycles. The second kappa shape index (κ2) is 7.90. The molecule has 4 nitrogen and oxygen atoms in total. The first-order valence-corrected chi connectivity index (χ1v) is 9.59.